The fourth-order valence-corrected chi connectivity index (χ4v) is 7.36. The Balaban J connectivity index is 1.62. The van der Waals surface area contributed by atoms with E-state index in [1.54, 1.807) is 0 Å². The Hall–Kier alpha value is -4.16. The lowest BCUT2D eigenvalue weighted by atomic mass is 9.83. The largest absolute Gasteiger partial charge is 0.0610 e. The van der Waals surface area contributed by atoms with E-state index in [2.05, 4.69) is 126 Å². The predicted octanol–water partition coefficient (Wildman–Crippen LogP) is 10.9. The molecule has 7 rings (SSSR count). The van der Waals surface area contributed by atoms with Gasteiger partial charge in [-0.1, -0.05) is 96.1 Å². The lowest BCUT2D eigenvalue weighted by Crippen LogP contribution is -1.95. The van der Waals surface area contributed by atoms with Gasteiger partial charge < -0.3 is 0 Å². The highest BCUT2D eigenvalue weighted by molar-refractivity contribution is 6.35. The van der Waals surface area contributed by atoms with Gasteiger partial charge in [0.1, 0.15) is 0 Å². The molecule has 0 unspecified atom stereocenters. The minimum atomic E-state index is 1.32. The third-order valence-corrected chi connectivity index (χ3v) is 8.55. The average molecular weight is 489 g/mol. The van der Waals surface area contributed by atoms with E-state index in [0.29, 0.717) is 0 Å². The van der Waals surface area contributed by atoms with Gasteiger partial charge in [0.05, 0.1) is 0 Å². The summed E-state index contributed by atoms with van der Waals surface area (Å²) in [4.78, 5) is 0. The van der Waals surface area contributed by atoms with Gasteiger partial charge in [-0.2, -0.15) is 0 Å². The van der Waals surface area contributed by atoms with Crippen LogP contribution in [0.4, 0.5) is 0 Å². The lowest BCUT2D eigenvalue weighted by molar-refractivity contribution is 1.32. The molecule has 38 heavy (non-hydrogen) atoms. The molecule has 0 spiro atoms. The van der Waals surface area contributed by atoms with Crippen molar-refractivity contribution in [2.75, 3.05) is 0 Å². The summed E-state index contributed by atoms with van der Waals surface area (Å²) in [5.74, 6) is 0. The van der Waals surface area contributed by atoms with Crippen LogP contribution in [0.25, 0.3) is 65.3 Å². The van der Waals surface area contributed by atoms with Crippen LogP contribution in [0.15, 0.2) is 84.9 Å². The molecule has 184 valence electrons. The zero-order valence-corrected chi connectivity index (χ0v) is 23.1. The molecule has 7 aromatic carbocycles. The maximum atomic E-state index is 2.37. The van der Waals surface area contributed by atoms with E-state index in [0.717, 1.165) is 0 Å². The first-order chi connectivity index (χ1) is 18.3. The highest BCUT2D eigenvalue weighted by atomic mass is 14.2. The van der Waals surface area contributed by atoms with E-state index >= 15 is 0 Å². The molecule has 0 aromatic heterocycles. The summed E-state index contributed by atoms with van der Waals surface area (Å²) in [6.45, 7) is 13.4. The Morgan fingerprint density at radius 2 is 0.658 bits per heavy atom. The summed E-state index contributed by atoms with van der Waals surface area (Å²) >= 11 is 0. The Morgan fingerprint density at radius 3 is 1.03 bits per heavy atom. The van der Waals surface area contributed by atoms with Gasteiger partial charge in [-0.25, -0.2) is 0 Å². The molecule has 0 heterocycles. The van der Waals surface area contributed by atoms with Gasteiger partial charge in [0.2, 0.25) is 0 Å². The number of aryl methyl sites for hydroxylation is 6. The minimum Gasteiger partial charge on any atom is -0.0610 e. The summed E-state index contributed by atoms with van der Waals surface area (Å²) in [7, 11) is 0. The molecule has 0 bridgehead atoms. The van der Waals surface area contributed by atoms with Crippen molar-refractivity contribution in [3.05, 3.63) is 118 Å². The maximum Gasteiger partial charge on any atom is -0.00201 e. The van der Waals surface area contributed by atoms with Crippen molar-refractivity contribution in [3.63, 3.8) is 0 Å². The Morgan fingerprint density at radius 1 is 0.342 bits per heavy atom. The normalized spacial score (nSPS) is 11.9. The molecule has 0 N–H and O–H groups in total. The van der Waals surface area contributed by atoms with Gasteiger partial charge in [0.25, 0.3) is 0 Å². The predicted molar refractivity (Wildman–Crippen MR) is 167 cm³/mol. The molecular weight excluding hydrogens is 456 g/mol. The van der Waals surface area contributed by atoms with Crippen molar-refractivity contribution in [1.82, 2.24) is 0 Å². The van der Waals surface area contributed by atoms with Crippen molar-refractivity contribution in [3.8, 4) is 22.3 Å². The van der Waals surface area contributed by atoms with E-state index in [1.165, 1.54) is 98.7 Å². The summed E-state index contributed by atoms with van der Waals surface area (Å²) in [5, 5.41) is 10.8. The molecular formula is C38H32. The van der Waals surface area contributed by atoms with E-state index in [1.807, 2.05) is 0 Å². The molecule has 0 fully saturated rings. The van der Waals surface area contributed by atoms with E-state index in [9.17, 15) is 0 Å². The molecule has 0 aliphatic rings. The Labute approximate surface area is 224 Å². The van der Waals surface area contributed by atoms with Crippen LogP contribution in [0, 0.1) is 41.5 Å². The molecule has 0 amide bonds. The van der Waals surface area contributed by atoms with E-state index in [4.69, 9.17) is 0 Å². The molecule has 0 saturated carbocycles. The van der Waals surface area contributed by atoms with Crippen LogP contribution in [0.2, 0.25) is 0 Å². The summed E-state index contributed by atoms with van der Waals surface area (Å²) in [6.07, 6.45) is 0. The third kappa shape index (κ3) is 3.16. The number of rotatable bonds is 2. The first-order valence-corrected chi connectivity index (χ1v) is 13.6. The van der Waals surface area contributed by atoms with Crippen LogP contribution in [0.5, 0.6) is 0 Å². The fourth-order valence-electron chi connectivity index (χ4n) is 7.36. The molecule has 0 atom stereocenters. The molecule has 0 heteroatoms. The monoisotopic (exact) mass is 488 g/mol. The Bertz CT molecular complexity index is 1850. The number of benzene rings is 7. The van der Waals surface area contributed by atoms with E-state index in [-0.39, 0.29) is 0 Å². The van der Waals surface area contributed by atoms with Crippen molar-refractivity contribution in [2.45, 2.75) is 41.5 Å². The number of hydrogen-bond donors (Lipinski definition) is 0. The van der Waals surface area contributed by atoms with Gasteiger partial charge in [-0.15, -0.1) is 0 Å². The average Bonchev–Trinajstić information content (AvgIpc) is 2.87. The van der Waals surface area contributed by atoms with Crippen LogP contribution in [-0.4, -0.2) is 0 Å². The Kier molecular flexibility index (Phi) is 4.94. The summed E-state index contributed by atoms with van der Waals surface area (Å²) in [5.41, 5.74) is 13.4. The van der Waals surface area contributed by atoms with Crippen LogP contribution in [0.3, 0.4) is 0 Å². The topological polar surface area (TPSA) is 0 Å². The highest BCUT2D eigenvalue weighted by Gasteiger charge is 2.19. The fraction of sp³-hybridized carbons (Fsp3) is 0.158. The standard InChI is InChI=1S/C38H32/c1-21-17-23(3)35(24(4)18-21)31-13-15-33-34-16-14-32(36-25(5)19-22(2)20-26(36)6)30-12-8-10-28(38(30)34)27-9-7-11-29(31)37(27)33/h7-20H,1-6H3. The van der Waals surface area contributed by atoms with Gasteiger partial charge >= 0.3 is 0 Å². The highest BCUT2D eigenvalue weighted by Crippen LogP contribution is 2.46. The molecule has 7 aromatic rings. The van der Waals surface area contributed by atoms with Crippen LogP contribution >= 0.6 is 0 Å². The smallest absolute Gasteiger partial charge is 0.00201 e. The molecule has 0 saturated heterocycles. The van der Waals surface area contributed by atoms with Gasteiger partial charge in [0.15, 0.2) is 0 Å². The second-order valence-corrected chi connectivity index (χ2v) is 11.3. The van der Waals surface area contributed by atoms with Crippen LogP contribution in [-0.2, 0) is 0 Å². The molecule has 0 aliphatic carbocycles. The molecule has 0 aliphatic heterocycles. The summed E-state index contributed by atoms with van der Waals surface area (Å²) in [6, 6.07) is 32.4. The number of hydrogen-bond acceptors (Lipinski definition) is 0. The number of fused-ring (bicyclic) bond motifs is 2. The SMILES string of the molecule is Cc1cc(C)c(-c2ccc3c4ccc(-c5c(C)cc(C)cc5C)c5cccc(c6cccc2c63)c54)c(C)c1. The summed E-state index contributed by atoms with van der Waals surface area (Å²) < 4.78 is 0. The van der Waals surface area contributed by atoms with Gasteiger partial charge in [-0.05, 0) is 129 Å². The maximum absolute atomic E-state index is 2.37. The zero-order chi connectivity index (χ0) is 26.3. The zero-order valence-electron chi connectivity index (χ0n) is 23.1. The van der Waals surface area contributed by atoms with Crippen LogP contribution < -0.4 is 0 Å². The minimum absolute atomic E-state index is 1.32. The molecule has 0 nitrogen and oxygen atoms in total. The van der Waals surface area contributed by atoms with Crippen molar-refractivity contribution < 1.29 is 0 Å². The quantitative estimate of drug-likeness (QED) is 0.168. The first-order valence-electron chi connectivity index (χ1n) is 13.6. The third-order valence-electron chi connectivity index (χ3n) is 8.55. The van der Waals surface area contributed by atoms with Crippen molar-refractivity contribution in [1.29, 1.82) is 0 Å². The van der Waals surface area contributed by atoms with Crippen molar-refractivity contribution >= 4 is 43.1 Å². The van der Waals surface area contributed by atoms with Gasteiger partial charge in [0, 0.05) is 0 Å². The van der Waals surface area contributed by atoms with E-state index < -0.39 is 0 Å². The van der Waals surface area contributed by atoms with Crippen LogP contribution in [0.1, 0.15) is 33.4 Å². The van der Waals surface area contributed by atoms with Crippen molar-refractivity contribution in [2.24, 2.45) is 0 Å². The molecule has 0 radical (unpaired) electrons. The second-order valence-electron chi connectivity index (χ2n) is 11.3. The lowest BCUT2D eigenvalue weighted by Gasteiger charge is -2.20. The second kappa shape index (κ2) is 8.17. The van der Waals surface area contributed by atoms with Gasteiger partial charge in [-0.3, -0.25) is 0 Å². The first kappa shape index (κ1) is 23.0.